The lowest BCUT2D eigenvalue weighted by Gasteiger charge is -2.23. The number of carbonyl (C=O) groups is 2. The van der Waals surface area contributed by atoms with Gasteiger partial charge < -0.3 is 19.7 Å². The first-order chi connectivity index (χ1) is 14.6. The van der Waals surface area contributed by atoms with Crippen molar-refractivity contribution < 1.29 is 19.1 Å². The Morgan fingerprint density at radius 2 is 1.20 bits per heavy atom. The predicted octanol–water partition coefficient (Wildman–Crippen LogP) is 3.87. The summed E-state index contributed by atoms with van der Waals surface area (Å²) >= 11 is 0. The van der Waals surface area contributed by atoms with Gasteiger partial charge in [-0.15, -0.1) is 0 Å². The number of ether oxygens (including phenoxy) is 2. The standard InChI is InChI=1S/C24H24N2O4/c1-29-21-12-8-18(9-13-21)16-26(17-19-10-14-22(30-2)15-11-19)24(28)23(27)25-20-6-4-3-5-7-20/h3-15H,16-17H2,1-2H3,(H,25,27). The van der Waals surface area contributed by atoms with Crippen molar-refractivity contribution in [1.82, 2.24) is 4.90 Å². The Kier molecular flexibility index (Phi) is 7.05. The Labute approximate surface area is 176 Å². The quantitative estimate of drug-likeness (QED) is 0.607. The van der Waals surface area contributed by atoms with E-state index in [2.05, 4.69) is 5.32 Å². The van der Waals surface area contributed by atoms with Crippen LogP contribution in [0.1, 0.15) is 11.1 Å². The maximum Gasteiger partial charge on any atom is 0.313 e. The number of amides is 2. The number of nitrogens with one attached hydrogen (secondary N) is 1. The summed E-state index contributed by atoms with van der Waals surface area (Å²) < 4.78 is 10.4. The SMILES string of the molecule is COc1ccc(CN(Cc2ccc(OC)cc2)C(=O)C(=O)Nc2ccccc2)cc1. The first-order valence-corrected chi connectivity index (χ1v) is 9.50. The molecule has 0 spiro atoms. The van der Waals surface area contributed by atoms with E-state index in [0.29, 0.717) is 5.69 Å². The summed E-state index contributed by atoms with van der Waals surface area (Å²) in [5.74, 6) is 0.177. The molecule has 30 heavy (non-hydrogen) atoms. The molecule has 0 bridgehead atoms. The fourth-order valence-electron chi connectivity index (χ4n) is 2.95. The van der Waals surface area contributed by atoms with Crippen LogP contribution < -0.4 is 14.8 Å². The highest BCUT2D eigenvalue weighted by molar-refractivity contribution is 6.39. The largest absolute Gasteiger partial charge is 0.497 e. The normalized spacial score (nSPS) is 10.2. The van der Waals surface area contributed by atoms with E-state index in [4.69, 9.17) is 9.47 Å². The highest BCUT2D eigenvalue weighted by Gasteiger charge is 2.22. The highest BCUT2D eigenvalue weighted by Crippen LogP contribution is 2.17. The van der Waals surface area contributed by atoms with Crippen molar-refractivity contribution in [2.75, 3.05) is 19.5 Å². The molecule has 0 aliphatic heterocycles. The summed E-state index contributed by atoms with van der Waals surface area (Å²) in [5.41, 5.74) is 2.36. The van der Waals surface area contributed by atoms with Crippen molar-refractivity contribution >= 4 is 17.5 Å². The van der Waals surface area contributed by atoms with Gasteiger partial charge in [0.25, 0.3) is 0 Å². The summed E-state index contributed by atoms with van der Waals surface area (Å²) in [6.45, 7) is 0.578. The van der Waals surface area contributed by atoms with Crippen LogP contribution in [0.5, 0.6) is 11.5 Å². The summed E-state index contributed by atoms with van der Waals surface area (Å²) in [4.78, 5) is 27.1. The van der Waals surface area contributed by atoms with Gasteiger partial charge >= 0.3 is 11.8 Å². The van der Waals surface area contributed by atoms with Crippen LogP contribution >= 0.6 is 0 Å². The molecule has 0 saturated carbocycles. The minimum absolute atomic E-state index is 0.289. The summed E-state index contributed by atoms with van der Waals surface area (Å²) in [6, 6.07) is 23.7. The third-order valence-corrected chi connectivity index (χ3v) is 4.58. The molecule has 0 atom stereocenters. The van der Waals surface area contributed by atoms with E-state index in [1.54, 1.807) is 38.5 Å². The van der Waals surface area contributed by atoms with Gasteiger partial charge in [-0.1, -0.05) is 42.5 Å². The second-order valence-electron chi connectivity index (χ2n) is 6.68. The molecule has 0 fully saturated rings. The molecule has 0 aliphatic carbocycles. The molecule has 0 heterocycles. The Morgan fingerprint density at radius 1 is 0.733 bits per heavy atom. The van der Waals surface area contributed by atoms with Gasteiger partial charge in [0.05, 0.1) is 14.2 Å². The molecule has 1 N–H and O–H groups in total. The number of hydrogen-bond acceptors (Lipinski definition) is 4. The molecule has 3 rings (SSSR count). The lowest BCUT2D eigenvalue weighted by atomic mass is 10.1. The Balaban J connectivity index is 1.78. The van der Waals surface area contributed by atoms with Crippen molar-refractivity contribution in [3.05, 3.63) is 90.0 Å². The van der Waals surface area contributed by atoms with E-state index in [0.717, 1.165) is 22.6 Å². The Bertz CT molecular complexity index is 921. The maximum absolute atomic E-state index is 13.0. The van der Waals surface area contributed by atoms with Gasteiger partial charge in [0.15, 0.2) is 0 Å². The van der Waals surface area contributed by atoms with E-state index >= 15 is 0 Å². The molecular formula is C24H24N2O4. The second-order valence-corrected chi connectivity index (χ2v) is 6.68. The molecule has 2 amide bonds. The van der Waals surface area contributed by atoms with Crippen LogP contribution in [-0.4, -0.2) is 30.9 Å². The number of carbonyl (C=O) groups excluding carboxylic acids is 2. The van der Waals surface area contributed by atoms with Gasteiger partial charge in [-0.25, -0.2) is 0 Å². The average molecular weight is 404 g/mol. The van der Waals surface area contributed by atoms with Crippen LogP contribution in [0.15, 0.2) is 78.9 Å². The first kappa shape index (κ1) is 20.9. The lowest BCUT2D eigenvalue weighted by molar-refractivity contribution is -0.144. The van der Waals surface area contributed by atoms with Crippen molar-refractivity contribution in [2.24, 2.45) is 0 Å². The molecule has 0 aromatic heterocycles. The maximum atomic E-state index is 13.0. The van der Waals surface area contributed by atoms with Gasteiger partial charge in [0, 0.05) is 18.8 Å². The number of rotatable bonds is 7. The fraction of sp³-hybridized carbons (Fsp3) is 0.167. The van der Waals surface area contributed by atoms with Crippen LogP contribution in [-0.2, 0) is 22.7 Å². The number of benzene rings is 3. The van der Waals surface area contributed by atoms with Crippen LogP contribution in [0.4, 0.5) is 5.69 Å². The highest BCUT2D eigenvalue weighted by atomic mass is 16.5. The molecule has 0 radical (unpaired) electrons. The number of hydrogen-bond donors (Lipinski definition) is 1. The van der Waals surface area contributed by atoms with E-state index in [-0.39, 0.29) is 13.1 Å². The number of anilines is 1. The van der Waals surface area contributed by atoms with Gasteiger partial charge in [-0.05, 0) is 47.5 Å². The zero-order valence-corrected chi connectivity index (χ0v) is 17.0. The van der Waals surface area contributed by atoms with Gasteiger partial charge in [-0.2, -0.15) is 0 Å². The van der Waals surface area contributed by atoms with Gasteiger partial charge in [-0.3, -0.25) is 9.59 Å². The summed E-state index contributed by atoms with van der Waals surface area (Å²) in [7, 11) is 3.20. The number of methoxy groups -OCH3 is 2. The molecule has 154 valence electrons. The van der Waals surface area contributed by atoms with E-state index in [9.17, 15) is 9.59 Å². The van der Waals surface area contributed by atoms with Crippen LogP contribution in [0.25, 0.3) is 0 Å². The third-order valence-electron chi connectivity index (χ3n) is 4.58. The number of para-hydroxylation sites is 1. The van der Waals surface area contributed by atoms with Crippen molar-refractivity contribution in [1.29, 1.82) is 0 Å². The van der Waals surface area contributed by atoms with Gasteiger partial charge in [0.1, 0.15) is 11.5 Å². The second kappa shape index (κ2) is 10.1. The fourth-order valence-corrected chi connectivity index (χ4v) is 2.95. The zero-order chi connectivity index (χ0) is 21.3. The molecule has 6 nitrogen and oxygen atoms in total. The van der Waals surface area contributed by atoms with E-state index < -0.39 is 11.8 Å². The monoisotopic (exact) mass is 404 g/mol. The molecule has 6 heteroatoms. The molecule has 0 unspecified atom stereocenters. The van der Waals surface area contributed by atoms with Crippen molar-refractivity contribution in [2.45, 2.75) is 13.1 Å². The topological polar surface area (TPSA) is 67.9 Å². The Hall–Kier alpha value is -3.80. The molecule has 0 saturated heterocycles. The van der Waals surface area contributed by atoms with Gasteiger partial charge in [0.2, 0.25) is 0 Å². The summed E-state index contributed by atoms with van der Waals surface area (Å²) in [5, 5.41) is 2.66. The Morgan fingerprint density at radius 3 is 1.63 bits per heavy atom. The molecule has 3 aromatic rings. The van der Waals surface area contributed by atoms with Crippen LogP contribution in [0.2, 0.25) is 0 Å². The summed E-state index contributed by atoms with van der Waals surface area (Å²) in [6.07, 6.45) is 0. The molecule has 3 aromatic carbocycles. The smallest absolute Gasteiger partial charge is 0.313 e. The third kappa shape index (κ3) is 5.61. The van der Waals surface area contributed by atoms with Crippen molar-refractivity contribution in [3.63, 3.8) is 0 Å². The van der Waals surface area contributed by atoms with E-state index in [1.165, 1.54) is 4.90 Å². The zero-order valence-electron chi connectivity index (χ0n) is 17.0. The predicted molar refractivity (Wildman–Crippen MR) is 115 cm³/mol. The van der Waals surface area contributed by atoms with Crippen LogP contribution in [0, 0.1) is 0 Å². The average Bonchev–Trinajstić information content (AvgIpc) is 2.79. The minimum Gasteiger partial charge on any atom is -0.497 e. The molecule has 0 aliphatic rings. The first-order valence-electron chi connectivity index (χ1n) is 9.50. The lowest BCUT2D eigenvalue weighted by Crippen LogP contribution is -2.38. The number of nitrogens with zero attached hydrogens (tertiary/aromatic N) is 1. The van der Waals surface area contributed by atoms with E-state index in [1.807, 2.05) is 54.6 Å². The molecular weight excluding hydrogens is 380 g/mol. The van der Waals surface area contributed by atoms with Crippen molar-refractivity contribution in [3.8, 4) is 11.5 Å². The van der Waals surface area contributed by atoms with Crippen LogP contribution in [0.3, 0.4) is 0 Å². The minimum atomic E-state index is -0.678.